The van der Waals surface area contributed by atoms with Crippen LogP contribution in [0.1, 0.15) is 12.0 Å². The first-order valence-electron chi connectivity index (χ1n) is 8.05. The maximum Gasteiger partial charge on any atom is 0.323 e. The van der Waals surface area contributed by atoms with Crippen molar-refractivity contribution in [1.82, 2.24) is 9.97 Å². The highest BCUT2D eigenvalue weighted by Crippen LogP contribution is 2.25. The van der Waals surface area contributed by atoms with Gasteiger partial charge < -0.3 is 15.1 Å². The molecule has 0 aliphatic rings. The molecule has 0 aliphatic heterocycles. The minimum atomic E-state index is -1.00. The van der Waals surface area contributed by atoms with Crippen LogP contribution in [0.2, 0.25) is 0 Å². The van der Waals surface area contributed by atoms with E-state index in [9.17, 15) is 14.7 Å². The van der Waals surface area contributed by atoms with Crippen LogP contribution in [0.3, 0.4) is 0 Å². The Labute approximate surface area is 149 Å². The second kappa shape index (κ2) is 7.60. The van der Waals surface area contributed by atoms with Crippen LogP contribution in [-0.2, 0) is 16.0 Å². The van der Waals surface area contributed by atoms with Gasteiger partial charge in [-0.3, -0.25) is 14.6 Å². The average Bonchev–Trinajstić information content (AvgIpc) is 2.64. The number of hydrogen-bond donors (Lipinski definition) is 2. The van der Waals surface area contributed by atoms with Gasteiger partial charge in [-0.25, -0.2) is 4.98 Å². The van der Waals surface area contributed by atoms with E-state index in [2.05, 4.69) is 9.97 Å². The van der Waals surface area contributed by atoms with Crippen LogP contribution in [0.25, 0.3) is 11.0 Å². The summed E-state index contributed by atoms with van der Waals surface area (Å²) in [6.45, 7) is -0.282. The number of hydrogen-bond acceptors (Lipinski definition) is 5. The van der Waals surface area contributed by atoms with Gasteiger partial charge in [-0.2, -0.15) is 0 Å². The molecule has 1 heterocycles. The summed E-state index contributed by atoms with van der Waals surface area (Å²) in [6.07, 6.45) is 1.92. The Morgan fingerprint density at radius 2 is 1.73 bits per heavy atom. The smallest absolute Gasteiger partial charge is 0.323 e. The molecule has 0 fully saturated rings. The molecule has 7 nitrogen and oxygen atoms in total. The molecule has 0 atom stereocenters. The molecule has 0 aliphatic carbocycles. The molecule has 0 unspecified atom stereocenters. The number of fused-ring (bicyclic) bond motifs is 1. The molecular formula is C19H17N3O4. The summed E-state index contributed by atoms with van der Waals surface area (Å²) >= 11 is 0. The molecule has 132 valence electrons. The Morgan fingerprint density at radius 3 is 2.46 bits per heavy atom. The van der Waals surface area contributed by atoms with Gasteiger partial charge in [0.2, 0.25) is 0 Å². The fourth-order valence-corrected chi connectivity index (χ4v) is 2.65. The Bertz CT molecular complexity index is 958. The zero-order valence-corrected chi connectivity index (χ0v) is 13.9. The van der Waals surface area contributed by atoms with Crippen molar-refractivity contribution < 1.29 is 19.8 Å². The summed E-state index contributed by atoms with van der Waals surface area (Å²) in [6, 6.07) is 14.5. The van der Waals surface area contributed by atoms with Crippen LogP contribution < -0.4 is 4.90 Å². The summed E-state index contributed by atoms with van der Waals surface area (Å²) in [7, 11) is 0. The van der Waals surface area contributed by atoms with Gasteiger partial charge in [0.1, 0.15) is 6.54 Å². The van der Waals surface area contributed by atoms with Crippen molar-refractivity contribution in [3.05, 3.63) is 60.3 Å². The third-order valence-electron chi connectivity index (χ3n) is 3.86. The quantitative estimate of drug-likeness (QED) is 0.674. The number of rotatable bonds is 7. The second-order valence-electron chi connectivity index (χ2n) is 5.76. The lowest BCUT2D eigenvalue weighted by Gasteiger charge is -2.22. The topological polar surface area (TPSA) is 104 Å². The van der Waals surface area contributed by atoms with Crippen LogP contribution >= 0.6 is 0 Å². The highest BCUT2D eigenvalue weighted by Gasteiger charge is 2.16. The zero-order chi connectivity index (χ0) is 18.5. The molecule has 1 aromatic heterocycles. The lowest BCUT2D eigenvalue weighted by Crippen LogP contribution is -2.26. The van der Waals surface area contributed by atoms with Crippen molar-refractivity contribution in [3.8, 4) is 0 Å². The lowest BCUT2D eigenvalue weighted by atomic mass is 10.1. The van der Waals surface area contributed by atoms with Crippen LogP contribution in [-0.4, -0.2) is 38.7 Å². The lowest BCUT2D eigenvalue weighted by molar-refractivity contribution is -0.137. The van der Waals surface area contributed by atoms with Gasteiger partial charge in [-0.1, -0.05) is 24.3 Å². The summed E-state index contributed by atoms with van der Waals surface area (Å²) < 4.78 is 0. The SMILES string of the molecule is O=C(O)CCc1cccc(N(CC(=O)O)c2cnc3ccccc3n2)c1. The number of aryl methyl sites for hydroxylation is 1. The number of anilines is 2. The molecule has 0 spiro atoms. The van der Waals surface area contributed by atoms with E-state index < -0.39 is 11.9 Å². The molecule has 7 heteroatoms. The van der Waals surface area contributed by atoms with Crippen LogP contribution in [0, 0.1) is 0 Å². The minimum Gasteiger partial charge on any atom is -0.481 e. The van der Waals surface area contributed by atoms with E-state index in [1.54, 1.807) is 23.1 Å². The summed E-state index contributed by atoms with van der Waals surface area (Å²) in [5, 5.41) is 18.1. The molecule has 3 aromatic rings. The van der Waals surface area contributed by atoms with Gasteiger partial charge in [0.05, 0.1) is 17.2 Å². The number of carboxylic acids is 2. The van der Waals surface area contributed by atoms with Crippen molar-refractivity contribution in [2.45, 2.75) is 12.8 Å². The predicted molar refractivity (Wildman–Crippen MR) is 96.6 cm³/mol. The first kappa shape index (κ1) is 17.3. The van der Waals surface area contributed by atoms with Gasteiger partial charge in [0, 0.05) is 12.1 Å². The van der Waals surface area contributed by atoms with Crippen molar-refractivity contribution >= 4 is 34.5 Å². The maximum atomic E-state index is 11.4. The second-order valence-corrected chi connectivity index (χ2v) is 5.76. The fraction of sp³-hybridized carbons (Fsp3) is 0.158. The van der Waals surface area contributed by atoms with Gasteiger partial charge in [0.15, 0.2) is 5.82 Å². The van der Waals surface area contributed by atoms with Crippen molar-refractivity contribution in [2.75, 3.05) is 11.4 Å². The molecule has 3 rings (SSSR count). The normalized spacial score (nSPS) is 10.6. The van der Waals surface area contributed by atoms with Crippen LogP contribution in [0.15, 0.2) is 54.7 Å². The van der Waals surface area contributed by atoms with Crippen LogP contribution in [0.4, 0.5) is 11.5 Å². The Kier molecular flexibility index (Phi) is 5.07. The first-order chi connectivity index (χ1) is 12.5. The monoisotopic (exact) mass is 351 g/mol. The molecular weight excluding hydrogens is 334 g/mol. The van der Waals surface area contributed by atoms with E-state index in [0.29, 0.717) is 23.4 Å². The van der Waals surface area contributed by atoms with E-state index in [-0.39, 0.29) is 13.0 Å². The Balaban J connectivity index is 1.98. The van der Waals surface area contributed by atoms with E-state index in [4.69, 9.17) is 5.11 Å². The molecule has 2 N–H and O–H groups in total. The average molecular weight is 351 g/mol. The molecule has 2 aromatic carbocycles. The van der Waals surface area contributed by atoms with Gasteiger partial charge in [-0.15, -0.1) is 0 Å². The number of nitrogens with zero attached hydrogens (tertiary/aromatic N) is 3. The third-order valence-corrected chi connectivity index (χ3v) is 3.86. The standard InChI is InChI=1S/C19H17N3O4/c23-18(24)9-8-13-4-3-5-14(10-13)22(12-19(25)26)17-11-20-15-6-1-2-7-16(15)21-17/h1-7,10-11H,8-9,12H2,(H,23,24)(H,25,26). The van der Waals surface area contributed by atoms with Gasteiger partial charge in [0.25, 0.3) is 0 Å². The van der Waals surface area contributed by atoms with E-state index in [0.717, 1.165) is 11.1 Å². The summed E-state index contributed by atoms with van der Waals surface area (Å²) in [4.78, 5) is 32.5. The van der Waals surface area contributed by atoms with E-state index in [1.807, 2.05) is 30.3 Å². The number of para-hydroxylation sites is 2. The van der Waals surface area contributed by atoms with Gasteiger partial charge >= 0.3 is 11.9 Å². The van der Waals surface area contributed by atoms with E-state index in [1.165, 1.54) is 6.20 Å². The first-order valence-corrected chi connectivity index (χ1v) is 8.05. The van der Waals surface area contributed by atoms with Crippen molar-refractivity contribution in [3.63, 3.8) is 0 Å². The van der Waals surface area contributed by atoms with Gasteiger partial charge in [-0.05, 0) is 36.2 Å². The number of aliphatic carboxylic acids is 2. The summed E-state index contributed by atoms with van der Waals surface area (Å²) in [5.41, 5.74) is 2.83. The molecule has 0 amide bonds. The summed E-state index contributed by atoms with van der Waals surface area (Å²) in [5.74, 6) is -1.46. The zero-order valence-electron chi connectivity index (χ0n) is 13.9. The molecule has 0 saturated carbocycles. The highest BCUT2D eigenvalue weighted by atomic mass is 16.4. The van der Waals surface area contributed by atoms with Crippen LogP contribution in [0.5, 0.6) is 0 Å². The number of benzene rings is 2. The fourth-order valence-electron chi connectivity index (χ4n) is 2.65. The molecule has 0 bridgehead atoms. The predicted octanol–water partition coefficient (Wildman–Crippen LogP) is 2.87. The minimum absolute atomic E-state index is 0.0121. The third kappa shape index (κ3) is 4.13. The highest BCUT2D eigenvalue weighted by molar-refractivity contribution is 5.80. The Morgan fingerprint density at radius 1 is 0.962 bits per heavy atom. The molecule has 0 radical (unpaired) electrons. The number of aromatic nitrogens is 2. The number of carboxylic acid groups (broad SMARTS) is 2. The molecule has 0 saturated heterocycles. The number of carbonyl (C=O) groups is 2. The van der Waals surface area contributed by atoms with E-state index >= 15 is 0 Å². The van der Waals surface area contributed by atoms with Crippen molar-refractivity contribution in [2.24, 2.45) is 0 Å². The van der Waals surface area contributed by atoms with Crippen molar-refractivity contribution in [1.29, 1.82) is 0 Å². The molecule has 26 heavy (non-hydrogen) atoms. The largest absolute Gasteiger partial charge is 0.481 e. The Hall–Kier alpha value is -3.48. The maximum absolute atomic E-state index is 11.4.